The Balaban J connectivity index is 1.79. The predicted octanol–water partition coefficient (Wildman–Crippen LogP) is 0.809. The summed E-state index contributed by atoms with van der Waals surface area (Å²) in [5.41, 5.74) is -2.32. The maximum absolute atomic E-state index is 11.8. The van der Waals surface area contributed by atoms with Crippen LogP contribution in [0.3, 0.4) is 0 Å². The van der Waals surface area contributed by atoms with Crippen molar-refractivity contribution in [1.29, 1.82) is 0 Å². The molecule has 0 radical (unpaired) electrons. The van der Waals surface area contributed by atoms with Crippen LogP contribution in [0.1, 0.15) is 12.8 Å². The fraction of sp³-hybridized carbons (Fsp3) is 1.00. The first-order valence-corrected chi connectivity index (χ1v) is 6.88. The summed E-state index contributed by atoms with van der Waals surface area (Å²) in [5, 5.41) is 23.6. The van der Waals surface area contributed by atoms with Crippen LogP contribution in [-0.4, -0.2) is 20.9 Å². The third-order valence-corrected chi connectivity index (χ3v) is 8.16. The van der Waals surface area contributed by atoms with Gasteiger partial charge in [0.05, 0.1) is 0 Å². The average Bonchev–Trinajstić information content (AvgIpc) is 2.84. The molecule has 4 bridgehead atoms. The van der Waals surface area contributed by atoms with Crippen LogP contribution in [0.15, 0.2) is 0 Å². The summed E-state index contributed by atoms with van der Waals surface area (Å²) in [6.07, 6.45) is 1.55. The summed E-state index contributed by atoms with van der Waals surface area (Å²) < 4.78 is 0. The van der Waals surface area contributed by atoms with Crippen LogP contribution in [0.4, 0.5) is 0 Å². The van der Waals surface area contributed by atoms with Crippen molar-refractivity contribution in [3.8, 4) is 0 Å². The van der Waals surface area contributed by atoms with Gasteiger partial charge in [-0.15, -0.1) is 0 Å². The van der Waals surface area contributed by atoms with E-state index in [2.05, 4.69) is 0 Å². The van der Waals surface area contributed by atoms with Gasteiger partial charge in [-0.25, -0.2) is 0 Å². The van der Waals surface area contributed by atoms with Gasteiger partial charge in [0.2, 0.25) is 0 Å². The standard InChI is InChI=1S/C12H12N2O4/c15-13(16)11-3-1-4-8-7(3)9-5(11)2-6(10(8)9)12(4,11)14(17)18/h3-10H,1-2H2. The second-order valence-corrected chi connectivity index (χ2v) is 7.37. The van der Waals surface area contributed by atoms with E-state index >= 15 is 0 Å². The predicted molar refractivity (Wildman–Crippen MR) is 56.6 cm³/mol. The molecule has 4 unspecified atom stereocenters. The van der Waals surface area contributed by atoms with Crippen molar-refractivity contribution in [2.45, 2.75) is 23.9 Å². The van der Waals surface area contributed by atoms with Gasteiger partial charge in [0.25, 0.3) is 11.1 Å². The molecule has 0 aromatic carbocycles. The number of rotatable bonds is 2. The molecule has 7 fully saturated rings. The first kappa shape index (κ1) is 8.82. The van der Waals surface area contributed by atoms with Crippen LogP contribution in [0.5, 0.6) is 0 Å². The lowest BCUT2D eigenvalue weighted by Gasteiger charge is -2.43. The highest BCUT2D eigenvalue weighted by Crippen LogP contribution is 2.94. The monoisotopic (exact) mass is 248 g/mol. The van der Waals surface area contributed by atoms with Crippen molar-refractivity contribution in [1.82, 2.24) is 0 Å². The molecule has 6 heteroatoms. The Hall–Kier alpha value is -1.20. The van der Waals surface area contributed by atoms with E-state index in [0.717, 1.165) is 12.8 Å². The molecule has 0 aliphatic heterocycles. The van der Waals surface area contributed by atoms with Crippen LogP contribution >= 0.6 is 0 Å². The molecule has 0 amide bonds. The SMILES string of the molecule is O=[N+]([O-])C12C3CC4C5C3C3C5C(CC31)C42[N+](=O)[O-]. The summed E-state index contributed by atoms with van der Waals surface area (Å²) >= 11 is 0. The molecule has 4 atom stereocenters. The molecule has 7 aliphatic rings. The Kier molecular flexibility index (Phi) is 0.926. The second-order valence-electron chi connectivity index (χ2n) is 7.37. The molecule has 0 saturated heterocycles. The first-order chi connectivity index (χ1) is 8.59. The highest BCUT2D eigenvalue weighted by molar-refractivity contribution is 5.45. The van der Waals surface area contributed by atoms with E-state index in [0.29, 0.717) is 23.7 Å². The smallest absolute Gasteiger partial charge is 0.264 e. The van der Waals surface area contributed by atoms with E-state index in [9.17, 15) is 20.2 Å². The van der Waals surface area contributed by atoms with Gasteiger partial charge in [0.15, 0.2) is 0 Å². The van der Waals surface area contributed by atoms with Crippen LogP contribution in [0.25, 0.3) is 0 Å². The van der Waals surface area contributed by atoms with Crippen molar-refractivity contribution in [3.05, 3.63) is 20.2 Å². The molecule has 0 aromatic rings. The topological polar surface area (TPSA) is 86.3 Å². The van der Waals surface area contributed by atoms with Crippen LogP contribution in [0.2, 0.25) is 0 Å². The maximum atomic E-state index is 11.8. The molecule has 0 spiro atoms. The molecule has 94 valence electrons. The van der Waals surface area contributed by atoms with Crippen LogP contribution in [-0.2, 0) is 0 Å². The Morgan fingerprint density at radius 1 is 0.722 bits per heavy atom. The molecule has 0 heterocycles. The second kappa shape index (κ2) is 1.89. The summed E-state index contributed by atoms with van der Waals surface area (Å²) in [4.78, 5) is 23.2. The van der Waals surface area contributed by atoms with Gasteiger partial charge in [0, 0.05) is 33.5 Å². The average molecular weight is 248 g/mol. The van der Waals surface area contributed by atoms with Crippen molar-refractivity contribution < 1.29 is 9.85 Å². The van der Waals surface area contributed by atoms with E-state index in [1.165, 1.54) is 0 Å². The van der Waals surface area contributed by atoms with Crippen molar-refractivity contribution in [3.63, 3.8) is 0 Å². The van der Waals surface area contributed by atoms with Gasteiger partial charge in [-0.05, 0) is 36.5 Å². The Labute approximate surface area is 102 Å². The lowest BCUT2D eigenvalue weighted by atomic mass is 9.60. The molecule has 7 rings (SSSR count). The number of nitrogens with zero attached hydrogens (tertiary/aromatic N) is 2. The summed E-state index contributed by atoms with van der Waals surface area (Å²) in [6, 6.07) is 0. The zero-order valence-electron chi connectivity index (χ0n) is 9.56. The number of hydrogen-bond acceptors (Lipinski definition) is 4. The van der Waals surface area contributed by atoms with Gasteiger partial charge in [0.1, 0.15) is 0 Å². The molecular formula is C12H12N2O4. The molecule has 6 nitrogen and oxygen atoms in total. The molecule has 18 heavy (non-hydrogen) atoms. The zero-order chi connectivity index (χ0) is 12.2. The lowest BCUT2D eigenvalue weighted by Crippen LogP contribution is -2.65. The van der Waals surface area contributed by atoms with Gasteiger partial charge in [-0.3, -0.25) is 20.2 Å². The van der Waals surface area contributed by atoms with Crippen LogP contribution in [0, 0.1) is 67.6 Å². The van der Waals surface area contributed by atoms with Crippen molar-refractivity contribution in [2.24, 2.45) is 47.3 Å². The summed E-state index contributed by atoms with van der Waals surface area (Å²) in [7, 11) is 0. The zero-order valence-corrected chi connectivity index (χ0v) is 9.56. The van der Waals surface area contributed by atoms with Gasteiger partial charge < -0.3 is 0 Å². The van der Waals surface area contributed by atoms with Gasteiger partial charge in [-0.1, -0.05) is 0 Å². The summed E-state index contributed by atoms with van der Waals surface area (Å²) in [5.74, 6) is 2.07. The third-order valence-electron chi connectivity index (χ3n) is 8.16. The van der Waals surface area contributed by atoms with Gasteiger partial charge in [-0.2, -0.15) is 0 Å². The third kappa shape index (κ3) is 0.401. The fourth-order valence-corrected chi connectivity index (χ4v) is 8.67. The largest absolute Gasteiger partial charge is 0.297 e. The Morgan fingerprint density at radius 2 is 1.00 bits per heavy atom. The van der Waals surface area contributed by atoms with Crippen molar-refractivity contribution >= 4 is 0 Å². The molecular weight excluding hydrogens is 236 g/mol. The number of hydrogen-bond donors (Lipinski definition) is 0. The van der Waals surface area contributed by atoms with E-state index < -0.39 is 11.1 Å². The fourth-order valence-electron chi connectivity index (χ4n) is 8.67. The quantitative estimate of drug-likeness (QED) is 0.534. The van der Waals surface area contributed by atoms with E-state index in [1.54, 1.807) is 0 Å². The summed E-state index contributed by atoms with van der Waals surface area (Å²) in [6.45, 7) is 0. The minimum atomic E-state index is -1.16. The van der Waals surface area contributed by atoms with Crippen molar-refractivity contribution in [2.75, 3.05) is 0 Å². The molecule has 0 N–H and O–H groups in total. The first-order valence-electron chi connectivity index (χ1n) is 6.88. The van der Waals surface area contributed by atoms with Crippen LogP contribution < -0.4 is 0 Å². The molecule has 7 saturated carbocycles. The minimum Gasteiger partial charge on any atom is -0.264 e. The maximum Gasteiger partial charge on any atom is 0.297 e. The normalized spacial score (nSPS) is 74.4. The highest BCUT2D eigenvalue weighted by atomic mass is 16.7. The van der Waals surface area contributed by atoms with E-state index in [4.69, 9.17) is 0 Å². The Morgan fingerprint density at radius 3 is 1.22 bits per heavy atom. The van der Waals surface area contributed by atoms with E-state index in [-0.39, 0.29) is 33.5 Å². The van der Waals surface area contributed by atoms with Gasteiger partial charge >= 0.3 is 0 Å². The highest BCUT2D eigenvalue weighted by Gasteiger charge is 3.07. The Bertz CT molecular complexity index is 488. The lowest BCUT2D eigenvalue weighted by molar-refractivity contribution is -0.692. The molecule has 7 aliphatic carbocycles. The number of nitro groups is 2. The molecule has 0 aromatic heterocycles. The van der Waals surface area contributed by atoms with E-state index in [1.807, 2.05) is 0 Å². The minimum absolute atomic E-state index is 0.0339.